The molecule has 0 saturated carbocycles. The van der Waals surface area contributed by atoms with Crippen molar-refractivity contribution < 1.29 is 17.3 Å². The summed E-state index contributed by atoms with van der Waals surface area (Å²) < 4.78 is 48.7. The molecule has 0 aliphatic rings. The average molecular weight is 268 g/mol. The van der Waals surface area contributed by atoms with Gasteiger partial charge in [0.15, 0.2) is 9.84 Å². The maximum absolute atomic E-state index is 11.4. The third-order valence-electron chi connectivity index (χ3n) is 1.42. The van der Waals surface area contributed by atoms with Gasteiger partial charge in [0.25, 0.3) is 0 Å². The molecule has 0 aliphatic carbocycles. The molecule has 0 amide bonds. The minimum atomic E-state index is -3.53. The van der Waals surface area contributed by atoms with Gasteiger partial charge in [-0.05, 0) is 18.2 Å². The molecule has 0 bridgehead atoms. The van der Waals surface area contributed by atoms with Crippen LogP contribution in [0.25, 0.3) is 0 Å². The lowest BCUT2D eigenvalue weighted by Crippen LogP contribution is -2.00. The van der Waals surface area contributed by atoms with E-state index in [1.165, 1.54) is 18.2 Å². The van der Waals surface area contributed by atoms with E-state index >= 15 is 0 Å². The largest absolute Gasteiger partial charge is 0.495 e. The van der Waals surface area contributed by atoms with Gasteiger partial charge in [0, 0.05) is 10.7 Å². The molecule has 0 aliphatic heterocycles. The molecular formula is C8H9BrO3S. The molecule has 1 aromatic rings. The van der Waals surface area contributed by atoms with E-state index in [1.54, 1.807) is 0 Å². The molecule has 0 radical (unpaired) electrons. The Kier molecular flexibility index (Phi) is 1.93. The van der Waals surface area contributed by atoms with Crippen molar-refractivity contribution >= 4 is 25.8 Å². The predicted octanol–water partition coefficient (Wildman–Crippen LogP) is 1.86. The van der Waals surface area contributed by atoms with Gasteiger partial charge in [-0.2, -0.15) is 0 Å². The predicted molar refractivity (Wildman–Crippen MR) is 53.8 cm³/mol. The van der Waals surface area contributed by atoms with Crippen LogP contribution in [0.5, 0.6) is 5.75 Å². The number of benzene rings is 1. The molecule has 0 atom stereocenters. The van der Waals surface area contributed by atoms with Crippen molar-refractivity contribution in [2.45, 2.75) is 4.90 Å². The zero-order valence-corrected chi connectivity index (χ0v) is 9.15. The first-order valence-electron chi connectivity index (χ1n) is 4.78. The third kappa shape index (κ3) is 2.45. The van der Waals surface area contributed by atoms with Gasteiger partial charge in [0.2, 0.25) is 0 Å². The van der Waals surface area contributed by atoms with Gasteiger partial charge in [0.05, 0.1) is 11.2 Å². The van der Waals surface area contributed by atoms with Gasteiger partial charge in [0.1, 0.15) is 10.6 Å². The molecule has 1 aromatic carbocycles. The number of hydrogen-bond acceptors (Lipinski definition) is 3. The standard InChI is InChI=1S/C8H9BrO3S/c1-12-7-4-3-6(9)5-8(7)13(2,10)11/h3-5H,1-2H3/i1D3. The van der Waals surface area contributed by atoms with Crippen LogP contribution >= 0.6 is 15.9 Å². The maximum Gasteiger partial charge on any atom is 0.179 e. The number of ether oxygens (including phenoxy) is 1. The van der Waals surface area contributed by atoms with Gasteiger partial charge < -0.3 is 4.74 Å². The molecule has 0 N–H and O–H groups in total. The van der Waals surface area contributed by atoms with Gasteiger partial charge in [-0.3, -0.25) is 0 Å². The van der Waals surface area contributed by atoms with Crippen LogP contribution < -0.4 is 4.74 Å². The molecule has 0 saturated heterocycles. The highest BCUT2D eigenvalue weighted by Crippen LogP contribution is 2.26. The number of sulfone groups is 1. The van der Waals surface area contributed by atoms with E-state index in [0.717, 1.165) is 6.26 Å². The molecule has 0 heterocycles. The van der Waals surface area contributed by atoms with Crippen molar-refractivity contribution in [2.24, 2.45) is 0 Å². The molecule has 72 valence electrons. The van der Waals surface area contributed by atoms with Crippen LogP contribution in [0.1, 0.15) is 4.11 Å². The molecule has 0 unspecified atom stereocenters. The summed E-state index contributed by atoms with van der Waals surface area (Å²) in [6.45, 7) is 0. The lowest BCUT2D eigenvalue weighted by atomic mass is 10.3. The smallest absolute Gasteiger partial charge is 0.179 e. The average Bonchev–Trinajstić information content (AvgIpc) is 2.04. The molecule has 1 rings (SSSR count). The van der Waals surface area contributed by atoms with Crippen LogP contribution in [0.2, 0.25) is 0 Å². The van der Waals surface area contributed by atoms with Crippen molar-refractivity contribution in [3.63, 3.8) is 0 Å². The van der Waals surface area contributed by atoms with E-state index in [4.69, 9.17) is 4.11 Å². The van der Waals surface area contributed by atoms with E-state index in [0.29, 0.717) is 4.47 Å². The fraction of sp³-hybridized carbons (Fsp3) is 0.250. The van der Waals surface area contributed by atoms with Crippen molar-refractivity contribution in [1.29, 1.82) is 0 Å². The lowest BCUT2D eigenvalue weighted by Gasteiger charge is -2.06. The van der Waals surface area contributed by atoms with Crippen molar-refractivity contribution in [2.75, 3.05) is 13.3 Å². The molecule has 0 fully saturated rings. The number of rotatable bonds is 2. The van der Waals surface area contributed by atoms with E-state index in [1.807, 2.05) is 0 Å². The highest BCUT2D eigenvalue weighted by molar-refractivity contribution is 9.10. The minimum Gasteiger partial charge on any atom is -0.495 e. The van der Waals surface area contributed by atoms with Crippen LogP contribution in [-0.4, -0.2) is 21.7 Å². The van der Waals surface area contributed by atoms with Crippen LogP contribution in [0, 0.1) is 0 Å². The third-order valence-corrected chi connectivity index (χ3v) is 3.03. The topological polar surface area (TPSA) is 43.4 Å². The van der Waals surface area contributed by atoms with Crippen molar-refractivity contribution in [3.05, 3.63) is 22.7 Å². The first-order valence-corrected chi connectivity index (χ1v) is 5.97. The number of hydrogen-bond donors (Lipinski definition) is 0. The molecule has 0 spiro atoms. The second kappa shape index (κ2) is 3.67. The molecule has 5 heteroatoms. The second-order valence-electron chi connectivity index (χ2n) is 2.47. The summed E-state index contributed by atoms with van der Waals surface area (Å²) in [6, 6.07) is 4.11. The highest BCUT2D eigenvalue weighted by atomic mass is 79.9. The Bertz CT molecular complexity index is 496. The van der Waals surface area contributed by atoms with Gasteiger partial charge in [-0.25, -0.2) is 8.42 Å². The monoisotopic (exact) mass is 267 g/mol. The summed E-state index contributed by atoms with van der Waals surface area (Å²) in [6.07, 6.45) is 0.987. The Morgan fingerprint density at radius 3 is 2.77 bits per heavy atom. The zero-order valence-electron chi connectivity index (χ0n) is 9.74. The summed E-state index contributed by atoms with van der Waals surface area (Å²) in [4.78, 5) is -0.155. The Morgan fingerprint density at radius 2 is 2.23 bits per heavy atom. The second-order valence-corrected chi connectivity index (χ2v) is 5.37. The fourth-order valence-electron chi connectivity index (χ4n) is 0.856. The maximum atomic E-state index is 11.4. The Labute approximate surface area is 90.0 Å². The lowest BCUT2D eigenvalue weighted by molar-refractivity contribution is 0.403. The summed E-state index contributed by atoms with van der Waals surface area (Å²) in [5, 5.41) is 0. The normalized spacial score (nSPS) is 15.7. The van der Waals surface area contributed by atoms with Crippen molar-refractivity contribution in [1.82, 2.24) is 0 Å². The molecule has 3 nitrogen and oxygen atoms in total. The van der Waals surface area contributed by atoms with Gasteiger partial charge >= 0.3 is 0 Å². The quantitative estimate of drug-likeness (QED) is 0.822. The number of methoxy groups -OCH3 is 1. The highest BCUT2D eigenvalue weighted by Gasteiger charge is 2.13. The summed E-state index contributed by atoms with van der Waals surface area (Å²) >= 11 is 3.11. The van der Waals surface area contributed by atoms with Gasteiger partial charge in [-0.1, -0.05) is 15.9 Å². The first kappa shape index (κ1) is 6.84. The molecule has 13 heavy (non-hydrogen) atoms. The van der Waals surface area contributed by atoms with E-state index in [-0.39, 0.29) is 10.6 Å². The Balaban J connectivity index is 3.30. The SMILES string of the molecule is [2H]C([2H])([2H])Oc1ccc(Br)cc1S(C)(=O)=O. The van der Waals surface area contributed by atoms with Crippen LogP contribution in [-0.2, 0) is 9.84 Å². The molecular weight excluding hydrogens is 256 g/mol. The van der Waals surface area contributed by atoms with E-state index in [2.05, 4.69) is 20.7 Å². The number of halogens is 1. The first-order chi connectivity index (χ1) is 7.09. The summed E-state index contributed by atoms with van der Waals surface area (Å²) in [5.74, 6) is -0.175. The van der Waals surface area contributed by atoms with E-state index < -0.39 is 16.9 Å². The molecule has 0 aromatic heterocycles. The van der Waals surface area contributed by atoms with Crippen LogP contribution in [0.15, 0.2) is 27.6 Å². The van der Waals surface area contributed by atoms with Crippen LogP contribution in [0.4, 0.5) is 0 Å². The Hall–Kier alpha value is -0.550. The Morgan fingerprint density at radius 1 is 1.54 bits per heavy atom. The van der Waals surface area contributed by atoms with Crippen molar-refractivity contribution in [3.8, 4) is 5.75 Å². The van der Waals surface area contributed by atoms with Crippen LogP contribution in [0.3, 0.4) is 0 Å². The summed E-state index contributed by atoms with van der Waals surface area (Å²) in [7, 11) is -6.21. The summed E-state index contributed by atoms with van der Waals surface area (Å²) in [5.41, 5.74) is 0. The fourth-order valence-corrected chi connectivity index (χ4v) is 2.18. The van der Waals surface area contributed by atoms with Gasteiger partial charge in [-0.15, -0.1) is 0 Å². The minimum absolute atomic E-state index is 0.155. The van der Waals surface area contributed by atoms with E-state index in [9.17, 15) is 8.42 Å². The zero-order chi connectivity index (χ0) is 12.6.